The Hall–Kier alpha value is -2.11. The zero-order chi connectivity index (χ0) is 40.8. The van der Waals surface area contributed by atoms with Gasteiger partial charge in [0.25, 0.3) is 0 Å². The summed E-state index contributed by atoms with van der Waals surface area (Å²) in [6.45, 7) is 6.50. The number of unbranched alkanes of at least 4 members (excludes halogenated alkanes) is 29. The molecule has 0 saturated carbocycles. The minimum Gasteiger partial charge on any atom is -0.462 e. The lowest BCUT2D eigenvalue weighted by Gasteiger charge is -2.18. The summed E-state index contributed by atoms with van der Waals surface area (Å²) in [6.07, 6.45) is 50.3. The van der Waals surface area contributed by atoms with E-state index in [1.807, 2.05) is 0 Å². The molecular weight excluding hydrogens is 697 g/mol. The predicted molar refractivity (Wildman–Crippen MR) is 238 cm³/mol. The highest BCUT2D eigenvalue weighted by atomic mass is 16.6. The lowest BCUT2D eigenvalue weighted by molar-refractivity contribution is -0.167. The smallest absolute Gasteiger partial charge is 0.306 e. The molecule has 0 N–H and O–H groups in total. The second-order valence-electron chi connectivity index (χ2n) is 16.4. The summed E-state index contributed by atoms with van der Waals surface area (Å²) in [5.41, 5.74) is 0. The highest BCUT2D eigenvalue weighted by molar-refractivity contribution is 5.71. The van der Waals surface area contributed by atoms with Crippen molar-refractivity contribution in [2.75, 3.05) is 13.2 Å². The number of esters is 3. The van der Waals surface area contributed by atoms with Gasteiger partial charge in [0.05, 0.1) is 0 Å². The lowest BCUT2D eigenvalue weighted by Crippen LogP contribution is -2.30. The van der Waals surface area contributed by atoms with Gasteiger partial charge in [-0.1, -0.05) is 218 Å². The van der Waals surface area contributed by atoms with Gasteiger partial charge in [-0.15, -0.1) is 0 Å². The van der Waals surface area contributed by atoms with E-state index >= 15 is 0 Å². The minimum atomic E-state index is -0.776. The Morgan fingerprint density at radius 3 is 1.07 bits per heavy atom. The van der Waals surface area contributed by atoms with Crippen molar-refractivity contribution in [2.24, 2.45) is 0 Å². The molecule has 0 spiro atoms. The fourth-order valence-corrected chi connectivity index (χ4v) is 7.07. The first-order valence-corrected chi connectivity index (χ1v) is 24.3. The average Bonchev–Trinajstić information content (AvgIpc) is 3.19. The van der Waals surface area contributed by atoms with Crippen molar-refractivity contribution >= 4 is 17.9 Å². The number of carbonyl (C=O) groups excluding carboxylic acids is 3. The highest BCUT2D eigenvalue weighted by Crippen LogP contribution is 2.16. The highest BCUT2D eigenvalue weighted by Gasteiger charge is 2.19. The number of allylic oxidation sites excluding steroid dienone is 4. The van der Waals surface area contributed by atoms with E-state index in [2.05, 4.69) is 45.1 Å². The molecule has 0 radical (unpaired) electrons. The van der Waals surface area contributed by atoms with Crippen LogP contribution in [0.4, 0.5) is 0 Å². The van der Waals surface area contributed by atoms with Crippen molar-refractivity contribution in [3.63, 3.8) is 0 Å². The van der Waals surface area contributed by atoms with Crippen LogP contribution in [-0.4, -0.2) is 37.2 Å². The Balaban J connectivity index is 4.31. The summed E-state index contributed by atoms with van der Waals surface area (Å²) in [6, 6.07) is 0. The summed E-state index contributed by atoms with van der Waals surface area (Å²) in [5.74, 6) is -0.904. The zero-order valence-corrected chi connectivity index (χ0v) is 37.4. The minimum absolute atomic E-state index is 0.0768. The third-order valence-corrected chi connectivity index (χ3v) is 10.7. The van der Waals surface area contributed by atoms with Gasteiger partial charge in [0.15, 0.2) is 6.10 Å². The van der Waals surface area contributed by atoms with Gasteiger partial charge in [0.2, 0.25) is 0 Å². The molecule has 0 aliphatic carbocycles. The molecule has 1 atom stereocenters. The van der Waals surface area contributed by atoms with Gasteiger partial charge in [0.1, 0.15) is 13.2 Å². The van der Waals surface area contributed by atoms with Gasteiger partial charge in [-0.05, 0) is 44.9 Å². The van der Waals surface area contributed by atoms with Crippen LogP contribution in [0.2, 0.25) is 0 Å². The Bertz CT molecular complexity index is 911. The first kappa shape index (κ1) is 53.9. The molecule has 0 bridgehead atoms. The predicted octanol–water partition coefficient (Wildman–Crippen LogP) is 15.6. The average molecular weight is 789 g/mol. The summed E-state index contributed by atoms with van der Waals surface area (Å²) in [5, 5.41) is 0. The number of rotatable bonds is 44. The fourth-order valence-electron chi connectivity index (χ4n) is 7.07. The fraction of sp³-hybridized carbons (Fsp3) is 0.860. The number of ether oxygens (including phenoxy) is 3. The summed E-state index contributed by atoms with van der Waals surface area (Å²) < 4.78 is 16.7. The van der Waals surface area contributed by atoms with Crippen LogP contribution in [-0.2, 0) is 28.6 Å². The van der Waals surface area contributed by atoms with Gasteiger partial charge >= 0.3 is 17.9 Å². The van der Waals surface area contributed by atoms with E-state index in [1.54, 1.807) is 0 Å². The first-order chi connectivity index (χ1) is 27.5. The topological polar surface area (TPSA) is 78.9 Å². The van der Waals surface area contributed by atoms with E-state index in [0.717, 1.165) is 70.6 Å². The van der Waals surface area contributed by atoms with E-state index in [-0.39, 0.29) is 31.1 Å². The normalized spacial score (nSPS) is 12.1. The maximum absolute atomic E-state index is 12.7. The van der Waals surface area contributed by atoms with Crippen LogP contribution in [0.15, 0.2) is 24.3 Å². The SMILES string of the molecule is CC/C=C\C/C=C\CCCCC(=O)OCC(COC(=O)CCCCCCCCCCCCCCCCC)OC(=O)CCCCCCCCCCCCCCCC. The van der Waals surface area contributed by atoms with Crippen LogP contribution in [0.5, 0.6) is 0 Å². The number of hydrogen-bond donors (Lipinski definition) is 0. The summed E-state index contributed by atoms with van der Waals surface area (Å²) in [7, 11) is 0. The van der Waals surface area contributed by atoms with Gasteiger partial charge in [-0.2, -0.15) is 0 Å². The molecule has 6 nitrogen and oxygen atoms in total. The van der Waals surface area contributed by atoms with Crippen molar-refractivity contribution in [2.45, 2.75) is 264 Å². The third kappa shape index (κ3) is 43.0. The van der Waals surface area contributed by atoms with Crippen molar-refractivity contribution in [1.82, 2.24) is 0 Å². The van der Waals surface area contributed by atoms with Crippen LogP contribution in [0, 0.1) is 0 Å². The Kier molecular flexibility index (Phi) is 43.9. The van der Waals surface area contributed by atoms with Gasteiger partial charge in [-0.25, -0.2) is 0 Å². The maximum Gasteiger partial charge on any atom is 0.306 e. The lowest BCUT2D eigenvalue weighted by atomic mass is 10.0. The molecule has 0 aromatic rings. The number of carbonyl (C=O) groups is 3. The first-order valence-electron chi connectivity index (χ1n) is 24.3. The molecule has 56 heavy (non-hydrogen) atoms. The largest absolute Gasteiger partial charge is 0.462 e. The molecule has 6 heteroatoms. The van der Waals surface area contributed by atoms with E-state index in [1.165, 1.54) is 148 Å². The standard InChI is InChI=1S/C50H92O6/c1-4-7-10-13-16-19-21-23-25-27-28-31-34-37-40-43-49(52)55-46-47(45-54-48(51)42-39-36-33-30-18-15-12-9-6-3)56-50(53)44-41-38-35-32-29-26-24-22-20-17-14-11-8-5-2/h9,12,18,30,47H,4-8,10-11,13-17,19-29,31-46H2,1-3H3/b12-9-,30-18-. The van der Waals surface area contributed by atoms with Gasteiger partial charge < -0.3 is 14.2 Å². The molecule has 0 aliphatic heterocycles. The van der Waals surface area contributed by atoms with E-state index in [9.17, 15) is 14.4 Å². The van der Waals surface area contributed by atoms with Crippen molar-refractivity contribution in [3.05, 3.63) is 24.3 Å². The molecular formula is C50H92O6. The van der Waals surface area contributed by atoms with Crippen molar-refractivity contribution in [1.29, 1.82) is 0 Å². The Morgan fingerprint density at radius 1 is 0.375 bits per heavy atom. The van der Waals surface area contributed by atoms with Gasteiger partial charge in [0, 0.05) is 19.3 Å². The molecule has 328 valence electrons. The quantitative estimate of drug-likeness (QED) is 0.0265. The van der Waals surface area contributed by atoms with Crippen LogP contribution < -0.4 is 0 Å². The monoisotopic (exact) mass is 789 g/mol. The molecule has 0 aromatic carbocycles. The van der Waals surface area contributed by atoms with Crippen molar-refractivity contribution in [3.8, 4) is 0 Å². The zero-order valence-electron chi connectivity index (χ0n) is 37.4. The van der Waals surface area contributed by atoms with Crippen LogP contribution in [0.25, 0.3) is 0 Å². The molecule has 0 aliphatic rings. The third-order valence-electron chi connectivity index (χ3n) is 10.7. The van der Waals surface area contributed by atoms with Crippen LogP contribution >= 0.6 is 0 Å². The number of hydrogen-bond acceptors (Lipinski definition) is 6. The maximum atomic E-state index is 12.7. The van der Waals surface area contributed by atoms with Crippen LogP contribution in [0.3, 0.4) is 0 Å². The molecule has 1 unspecified atom stereocenters. The van der Waals surface area contributed by atoms with Crippen LogP contribution in [0.1, 0.15) is 258 Å². The second-order valence-corrected chi connectivity index (χ2v) is 16.4. The van der Waals surface area contributed by atoms with E-state index < -0.39 is 6.10 Å². The van der Waals surface area contributed by atoms with E-state index in [0.29, 0.717) is 19.3 Å². The Morgan fingerprint density at radius 2 is 0.696 bits per heavy atom. The molecule has 0 aromatic heterocycles. The van der Waals surface area contributed by atoms with Gasteiger partial charge in [-0.3, -0.25) is 14.4 Å². The second kappa shape index (κ2) is 45.6. The molecule has 0 rings (SSSR count). The summed E-state index contributed by atoms with van der Waals surface area (Å²) >= 11 is 0. The Labute approximate surface area is 347 Å². The van der Waals surface area contributed by atoms with Crippen molar-refractivity contribution < 1.29 is 28.6 Å². The van der Waals surface area contributed by atoms with E-state index in [4.69, 9.17) is 14.2 Å². The molecule has 0 saturated heterocycles. The molecule has 0 amide bonds. The summed E-state index contributed by atoms with van der Waals surface area (Å²) in [4.78, 5) is 37.7. The molecule has 0 fully saturated rings. The molecule has 0 heterocycles.